The van der Waals surface area contributed by atoms with Gasteiger partial charge in [-0.1, -0.05) is 6.92 Å². The van der Waals surface area contributed by atoms with E-state index in [1.807, 2.05) is 0 Å². The molecule has 1 aromatic rings. The molecule has 0 radical (unpaired) electrons. The van der Waals surface area contributed by atoms with Crippen molar-refractivity contribution >= 4 is 11.8 Å². The number of anilines is 1. The van der Waals surface area contributed by atoms with Gasteiger partial charge in [-0.15, -0.1) is 0 Å². The summed E-state index contributed by atoms with van der Waals surface area (Å²) in [5.74, 6) is 2.58. The topological polar surface area (TPSA) is 65.4 Å². The lowest BCUT2D eigenvalue weighted by Crippen LogP contribution is -2.46. The van der Waals surface area contributed by atoms with E-state index in [0.29, 0.717) is 0 Å². The highest BCUT2D eigenvalue weighted by atomic mass is 15.3. The molecule has 0 saturated carbocycles. The minimum atomic E-state index is 0.726. The van der Waals surface area contributed by atoms with E-state index in [1.54, 1.807) is 18.6 Å². The smallest absolute Gasteiger partial charge is 0.193 e. The summed E-state index contributed by atoms with van der Waals surface area (Å²) in [5, 5.41) is 6.62. The van der Waals surface area contributed by atoms with Crippen LogP contribution in [0.25, 0.3) is 0 Å². The highest BCUT2D eigenvalue weighted by Crippen LogP contribution is 2.15. The summed E-state index contributed by atoms with van der Waals surface area (Å²) in [6, 6.07) is 0. The summed E-state index contributed by atoms with van der Waals surface area (Å²) in [4.78, 5) is 15.3. The number of aliphatic imine (C=N–C) groups is 1. The first kappa shape index (κ1) is 15.5. The number of piperidine rings is 1. The number of likely N-dealkylation sites (tertiary alicyclic amines) is 1. The average Bonchev–Trinajstić information content (AvgIpc) is 2.51. The molecule has 1 saturated heterocycles. The second-order valence-corrected chi connectivity index (χ2v) is 5.45. The molecule has 1 aliphatic rings. The summed E-state index contributed by atoms with van der Waals surface area (Å²) in [6.45, 7) is 9.02. The van der Waals surface area contributed by atoms with Gasteiger partial charge in [-0.05, 0) is 25.7 Å². The van der Waals surface area contributed by atoms with Gasteiger partial charge >= 0.3 is 0 Å². The standard InChI is InChI=1S/C15H26N6/c1-3-17-15(21-10-4-5-13(2)12-21)20-9-8-19-14-11-16-6-7-18-14/h6-7,11,13H,3-5,8-10,12H2,1-2H3,(H,17,20)(H,18,19). The highest BCUT2D eigenvalue weighted by molar-refractivity contribution is 5.80. The Morgan fingerprint density at radius 1 is 1.48 bits per heavy atom. The molecule has 0 aliphatic carbocycles. The maximum Gasteiger partial charge on any atom is 0.193 e. The van der Waals surface area contributed by atoms with Crippen molar-refractivity contribution in [2.75, 3.05) is 38.0 Å². The van der Waals surface area contributed by atoms with Gasteiger partial charge in [-0.3, -0.25) is 9.98 Å². The van der Waals surface area contributed by atoms with Crippen LogP contribution in [0.4, 0.5) is 5.82 Å². The SMILES string of the molecule is CCNC(=NCCNc1cnccn1)N1CCCC(C)C1. The maximum atomic E-state index is 4.71. The van der Waals surface area contributed by atoms with Crippen LogP contribution in [-0.2, 0) is 0 Å². The van der Waals surface area contributed by atoms with Crippen molar-refractivity contribution in [1.82, 2.24) is 20.2 Å². The fourth-order valence-electron chi connectivity index (χ4n) is 2.54. The van der Waals surface area contributed by atoms with Crippen LogP contribution in [0.5, 0.6) is 0 Å². The quantitative estimate of drug-likeness (QED) is 0.490. The van der Waals surface area contributed by atoms with Crippen molar-refractivity contribution in [3.8, 4) is 0 Å². The second-order valence-electron chi connectivity index (χ2n) is 5.45. The van der Waals surface area contributed by atoms with Gasteiger partial charge in [0, 0.05) is 38.6 Å². The van der Waals surface area contributed by atoms with E-state index in [1.165, 1.54) is 12.8 Å². The second kappa shape index (κ2) is 8.44. The van der Waals surface area contributed by atoms with E-state index >= 15 is 0 Å². The fraction of sp³-hybridized carbons (Fsp3) is 0.667. The first-order chi connectivity index (χ1) is 10.3. The molecule has 6 heteroatoms. The molecule has 21 heavy (non-hydrogen) atoms. The lowest BCUT2D eigenvalue weighted by atomic mass is 10.0. The number of hydrogen-bond donors (Lipinski definition) is 2. The van der Waals surface area contributed by atoms with Crippen LogP contribution in [-0.4, -0.2) is 53.6 Å². The largest absolute Gasteiger partial charge is 0.367 e. The van der Waals surface area contributed by atoms with Crippen LogP contribution in [0.3, 0.4) is 0 Å². The zero-order chi connectivity index (χ0) is 14.9. The lowest BCUT2D eigenvalue weighted by Gasteiger charge is -2.33. The first-order valence-electron chi connectivity index (χ1n) is 7.82. The molecular formula is C15H26N6. The van der Waals surface area contributed by atoms with Crippen molar-refractivity contribution in [3.63, 3.8) is 0 Å². The molecule has 0 aromatic carbocycles. The Kier molecular flexibility index (Phi) is 6.24. The van der Waals surface area contributed by atoms with Crippen LogP contribution in [0, 0.1) is 5.92 Å². The molecule has 1 unspecified atom stereocenters. The number of hydrogen-bond acceptors (Lipinski definition) is 4. The van der Waals surface area contributed by atoms with E-state index in [9.17, 15) is 0 Å². The number of aromatic nitrogens is 2. The van der Waals surface area contributed by atoms with Crippen LogP contribution in [0.15, 0.2) is 23.6 Å². The fourth-order valence-corrected chi connectivity index (χ4v) is 2.54. The van der Waals surface area contributed by atoms with E-state index in [0.717, 1.165) is 50.4 Å². The van der Waals surface area contributed by atoms with E-state index in [2.05, 4.69) is 39.3 Å². The van der Waals surface area contributed by atoms with Crippen LogP contribution in [0.2, 0.25) is 0 Å². The number of nitrogens with one attached hydrogen (secondary N) is 2. The Morgan fingerprint density at radius 3 is 3.10 bits per heavy atom. The zero-order valence-electron chi connectivity index (χ0n) is 13.0. The molecule has 1 aliphatic heterocycles. The van der Waals surface area contributed by atoms with Gasteiger partial charge in [0.2, 0.25) is 0 Å². The molecule has 2 rings (SSSR count). The predicted molar refractivity (Wildman–Crippen MR) is 86.5 cm³/mol. The molecule has 1 atom stereocenters. The van der Waals surface area contributed by atoms with E-state index in [4.69, 9.17) is 4.99 Å². The Balaban J connectivity index is 1.82. The van der Waals surface area contributed by atoms with Gasteiger partial charge in [-0.2, -0.15) is 0 Å². The van der Waals surface area contributed by atoms with Gasteiger partial charge in [-0.25, -0.2) is 4.98 Å². The van der Waals surface area contributed by atoms with Crippen LogP contribution >= 0.6 is 0 Å². The highest BCUT2D eigenvalue weighted by Gasteiger charge is 2.18. The van der Waals surface area contributed by atoms with E-state index in [-0.39, 0.29) is 0 Å². The molecule has 6 nitrogen and oxygen atoms in total. The van der Waals surface area contributed by atoms with Crippen molar-refractivity contribution in [2.45, 2.75) is 26.7 Å². The zero-order valence-corrected chi connectivity index (χ0v) is 13.0. The summed E-state index contributed by atoms with van der Waals surface area (Å²) in [6.07, 6.45) is 7.66. The molecule has 2 heterocycles. The van der Waals surface area contributed by atoms with Crippen molar-refractivity contribution in [1.29, 1.82) is 0 Å². The monoisotopic (exact) mass is 290 g/mol. The van der Waals surface area contributed by atoms with Crippen molar-refractivity contribution < 1.29 is 0 Å². The predicted octanol–water partition coefficient (Wildman–Crippen LogP) is 1.59. The third kappa shape index (κ3) is 5.21. The normalized spacial score (nSPS) is 19.4. The Bertz CT molecular complexity index is 433. The van der Waals surface area contributed by atoms with Gasteiger partial charge in [0.1, 0.15) is 5.82 Å². The molecule has 1 fully saturated rings. The molecule has 0 amide bonds. The van der Waals surface area contributed by atoms with Gasteiger partial charge in [0.15, 0.2) is 5.96 Å². The average molecular weight is 290 g/mol. The minimum absolute atomic E-state index is 0.726. The molecule has 0 bridgehead atoms. The third-order valence-corrected chi connectivity index (χ3v) is 3.53. The van der Waals surface area contributed by atoms with E-state index < -0.39 is 0 Å². The molecular weight excluding hydrogens is 264 g/mol. The molecule has 2 N–H and O–H groups in total. The summed E-state index contributed by atoms with van der Waals surface area (Å²) in [7, 11) is 0. The van der Waals surface area contributed by atoms with Crippen molar-refractivity contribution in [2.24, 2.45) is 10.9 Å². The Labute approximate surface area is 127 Å². The number of nitrogens with zero attached hydrogens (tertiary/aromatic N) is 4. The Hall–Kier alpha value is -1.85. The number of rotatable bonds is 5. The first-order valence-corrected chi connectivity index (χ1v) is 7.82. The maximum absolute atomic E-state index is 4.71. The Morgan fingerprint density at radius 2 is 2.38 bits per heavy atom. The molecule has 1 aromatic heterocycles. The summed E-state index contributed by atoms with van der Waals surface area (Å²) >= 11 is 0. The molecule has 116 valence electrons. The van der Waals surface area contributed by atoms with Crippen molar-refractivity contribution in [3.05, 3.63) is 18.6 Å². The molecule has 0 spiro atoms. The minimum Gasteiger partial charge on any atom is -0.367 e. The van der Waals surface area contributed by atoms with Gasteiger partial charge < -0.3 is 15.5 Å². The van der Waals surface area contributed by atoms with Crippen LogP contribution in [0.1, 0.15) is 26.7 Å². The lowest BCUT2D eigenvalue weighted by molar-refractivity contribution is 0.266. The van der Waals surface area contributed by atoms with Crippen LogP contribution < -0.4 is 10.6 Å². The summed E-state index contributed by atoms with van der Waals surface area (Å²) < 4.78 is 0. The van der Waals surface area contributed by atoms with Gasteiger partial charge in [0.25, 0.3) is 0 Å². The van der Waals surface area contributed by atoms with Gasteiger partial charge in [0.05, 0.1) is 12.7 Å². The third-order valence-electron chi connectivity index (χ3n) is 3.53. The summed E-state index contributed by atoms with van der Waals surface area (Å²) in [5.41, 5.74) is 0. The number of guanidine groups is 1.